The van der Waals surface area contributed by atoms with Crippen molar-refractivity contribution in [3.63, 3.8) is 0 Å². The quantitative estimate of drug-likeness (QED) is 0.897. The number of hydrogen-bond acceptors (Lipinski definition) is 3. The van der Waals surface area contributed by atoms with Gasteiger partial charge < -0.3 is 9.67 Å². The zero-order valence-corrected chi connectivity index (χ0v) is 15.8. The monoisotopic (exact) mass is 353 g/mol. The molecule has 2 aliphatic heterocycles. The first-order chi connectivity index (χ1) is 12.7. The van der Waals surface area contributed by atoms with Crippen molar-refractivity contribution in [1.82, 2.24) is 14.4 Å². The maximum absolute atomic E-state index is 10.0. The van der Waals surface area contributed by atoms with Crippen LogP contribution in [0.2, 0.25) is 0 Å². The van der Waals surface area contributed by atoms with Gasteiger partial charge in [-0.2, -0.15) is 0 Å². The van der Waals surface area contributed by atoms with E-state index in [9.17, 15) is 5.11 Å². The molecule has 1 N–H and O–H groups in total. The molecule has 4 rings (SSSR count). The SMILES string of the molecule is Cn1cccc1CN1CCC2(CC1)CN(Cc1ccccc1)CC2CO. The Kier molecular flexibility index (Phi) is 5.16. The Morgan fingerprint density at radius 2 is 1.77 bits per heavy atom. The lowest BCUT2D eigenvalue weighted by Crippen LogP contribution is -2.44. The second kappa shape index (κ2) is 7.55. The first-order valence-corrected chi connectivity index (χ1v) is 9.88. The molecule has 2 aromatic rings. The number of aliphatic hydroxyl groups excluding tert-OH is 1. The number of benzene rings is 1. The van der Waals surface area contributed by atoms with Crippen LogP contribution < -0.4 is 0 Å². The third kappa shape index (κ3) is 3.59. The first-order valence-electron chi connectivity index (χ1n) is 9.88. The van der Waals surface area contributed by atoms with Crippen molar-refractivity contribution < 1.29 is 5.11 Å². The molecule has 2 aliphatic rings. The summed E-state index contributed by atoms with van der Waals surface area (Å²) in [6, 6.07) is 15.1. The van der Waals surface area contributed by atoms with Crippen LogP contribution in [0, 0.1) is 11.3 Å². The van der Waals surface area contributed by atoms with Gasteiger partial charge in [-0.05, 0) is 49.0 Å². The average molecular weight is 354 g/mol. The number of aryl methyl sites for hydroxylation is 1. The number of likely N-dealkylation sites (tertiary alicyclic amines) is 2. The van der Waals surface area contributed by atoms with E-state index in [0.29, 0.717) is 17.9 Å². The van der Waals surface area contributed by atoms with Gasteiger partial charge in [0.2, 0.25) is 0 Å². The molecule has 4 nitrogen and oxygen atoms in total. The summed E-state index contributed by atoms with van der Waals surface area (Å²) in [4.78, 5) is 5.14. The van der Waals surface area contributed by atoms with Gasteiger partial charge in [-0.3, -0.25) is 9.80 Å². The summed E-state index contributed by atoms with van der Waals surface area (Å²) in [5, 5.41) is 10.0. The van der Waals surface area contributed by atoms with Gasteiger partial charge in [0.25, 0.3) is 0 Å². The molecule has 1 atom stereocenters. The third-order valence-electron chi connectivity index (χ3n) is 6.64. The molecular formula is C22H31N3O. The molecule has 2 fully saturated rings. The summed E-state index contributed by atoms with van der Waals surface area (Å²) in [5.74, 6) is 0.420. The molecular weight excluding hydrogens is 322 g/mol. The summed E-state index contributed by atoms with van der Waals surface area (Å²) >= 11 is 0. The molecule has 140 valence electrons. The Balaban J connectivity index is 1.38. The fraction of sp³-hybridized carbons (Fsp3) is 0.545. The highest BCUT2D eigenvalue weighted by molar-refractivity contribution is 5.15. The first kappa shape index (κ1) is 17.8. The van der Waals surface area contributed by atoms with Crippen LogP contribution in [0.4, 0.5) is 0 Å². The van der Waals surface area contributed by atoms with Crippen LogP contribution in [0.5, 0.6) is 0 Å². The average Bonchev–Trinajstić information content (AvgIpc) is 3.21. The highest BCUT2D eigenvalue weighted by atomic mass is 16.3. The number of aliphatic hydroxyl groups is 1. The maximum Gasteiger partial charge on any atom is 0.0477 e. The summed E-state index contributed by atoms with van der Waals surface area (Å²) < 4.78 is 2.22. The summed E-state index contributed by atoms with van der Waals surface area (Å²) in [6.07, 6.45) is 4.53. The highest BCUT2D eigenvalue weighted by Crippen LogP contribution is 2.45. The minimum atomic E-state index is 0.300. The van der Waals surface area contributed by atoms with Crippen LogP contribution in [0.15, 0.2) is 48.7 Å². The van der Waals surface area contributed by atoms with Crippen LogP contribution in [-0.4, -0.2) is 52.3 Å². The molecule has 1 spiro atoms. The number of aromatic nitrogens is 1. The summed E-state index contributed by atoms with van der Waals surface area (Å²) in [5.41, 5.74) is 3.06. The molecule has 3 heterocycles. The van der Waals surface area contributed by atoms with Gasteiger partial charge in [0.05, 0.1) is 0 Å². The van der Waals surface area contributed by atoms with Crippen molar-refractivity contribution in [3.8, 4) is 0 Å². The van der Waals surface area contributed by atoms with E-state index in [4.69, 9.17) is 0 Å². The lowest BCUT2D eigenvalue weighted by molar-refractivity contribution is 0.0474. The lowest BCUT2D eigenvalue weighted by Gasteiger charge is -2.42. The van der Waals surface area contributed by atoms with Crippen LogP contribution in [0.25, 0.3) is 0 Å². The van der Waals surface area contributed by atoms with Crippen LogP contribution in [-0.2, 0) is 20.1 Å². The van der Waals surface area contributed by atoms with Crippen molar-refractivity contribution >= 4 is 0 Å². The smallest absolute Gasteiger partial charge is 0.0477 e. The highest BCUT2D eigenvalue weighted by Gasteiger charge is 2.47. The van der Waals surface area contributed by atoms with E-state index < -0.39 is 0 Å². The number of hydrogen-bond donors (Lipinski definition) is 1. The molecule has 0 radical (unpaired) electrons. The van der Waals surface area contributed by atoms with E-state index in [1.165, 1.54) is 24.1 Å². The summed E-state index contributed by atoms with van der Waals surface area (Å²) in [7, 11) is 2.13. The normalized spacial score (nSPS) is 23.7. The fourth-order valence-corrected chi connectivity index (χ4v) is 4.97. The van der Waals surface area contributed by atoms with Crippen LogP contribution >= 0.6 is 0 Å². The molecule has 26 heavy (non-hydrogen) atoms. The van der Waals surface area contributed by atoms with Gasteiger partial charge in [0.15, 0.2) is 0 Å². The molecule has 1 unspecified atom stereocenters. The van der Waals surface area contributed by atoms with Gasteiger partial charge in [0.1, 0.15) is 0 Å². The van der Waals surface area contributed by atoms with Gasteiger partial charge in [0, 0.05) is 57.6 Å². The van der Waals surface area contributed by atoms with E-state index >= 15 is 0 Å². The number of nitrogens with zero attached hydrogens (tertiary/aromatic N) is 3. The predicted octanol–water partition coefficient (Wildman–Crippen LogP) is 2.73. The van der Waals surface area contributed by atoms with Crippen molar-refractivity contribution in [3.05, 3.63) is 59.9 Å². The Morgan fingerprint density at radius 3 is 2.42 bits per heavy atom. The van der Waals surface area contributed by atoms with E-state index in [2.05, 4.69) is 70.1 Å². The molecule has 4 heteroatoms. The Bertz CT molecular complexity index is 703. The number of rotatable bonds is 5. The topological polar surface area (TPSA) is 31.6 Å². The second-order valence-electron chi connectivity index (χ2n) is 8.28. The van der Waals surface area contributed by atoms with Gasteiger partial charge in [-0.15, -0.1) is 0 Å². The molecule has 0 bridgehead atoms. The predicted molar refractivity (Wildman–Crippen MR) is 105 cm³/mol. The third-order valence-corrected chi connectivity index (χ3v) is 6.64. The van der Waals surface area contributed by atoms with Crippen molar-refractivity contribution in [2.75, 3.05) is 32.8 Å². The number of piperidine rings is 1. The minimum absolute atomic E-state index is 0.300. The Hall–Kier alpha value is -1.62. The van der Waals surface area contributed by atoms with Crippen LogP contribution in [0.3, 0.4) is 0 Å². The van der Waals surface area contributed by atoms with E-state index in [0.717, 1.165) is 39.3 Å². The van der Waals surface area contributed by atoms with Gasteiger partial charge in [-0.1, -0.05) is 30.3 Å². The minimum Gasteiger partial charge on any atom is -0.396 e. The van der Waals surface area contributed by atoms with E-state index in [-0.39, 0.29) is 0 Å². The van der Waals surface area contributed by atoms with Crippen molar-refractivity contribution in [1.29, 1.82) is 0 Å². The molecule has 1 aromatic heterocycles. The Labute approximate surface area is 157 Å². The van der Waals surface area contributed by atoms with E-state index in [1.54, 1.807) is 0 Å². The molecule has 0 saturated carbocycles. The Morgan fingerprint density at radius 1 is 1.00 bits per heavy atom. The van der Waals surface area contributed by atoms with Crippen molar-refractivity contribution in [2.24, 2.45) is 18.4 Å². The van der Waals surface area contributed by atoms with E-state index in [1.807, 2.05) is 0 Å². The molecule has 1 aromatic carbocycles. The van der Waals surface area contributed by atoms with Gasteiger partial charge >= 0.3 is 0 Å². The zero-order valence-electron chi connectivity index (χ0n) is 15.8. The molecule has 2 saturated heterocycles. The molecule has 0 amide bonds. The lowest BCUT2D eigenvalue weighted by atomic mass is 9.71. The van der Waals surface area contributed by atoms with Crippen LogP contribution in [0.1, 0.15) is 24.1 Å². The maximum atomic E-state index is 10.0. The fourth-order valence-electron chi connectivity index (χ4n) is 4.97. The standard InChI is InChI=1S/C22H31N3O/c1-23-11-5-8-21(23)16-24-12-9-22(10-13-24)18-25(15-20(22)17-26)14-19-6-3-2-4-7-19/h2-8,11,20,26H,9-10,12-18H2,1H3. The summed E-state index contributed by atoms with van der Waals surface area (Å²) in [6.45, 7) is 6.81. The molecule has 0 aliphatic carbocycles. The van der Waals surface area contributed by atoms with Crippen molar-refractivity contribution in [2.45, 2.75) is 25.9 Å². The second-order valence-corrected chi connectivity index (χ2v) is 8.28. The largest absolute Gasteiger partial charge is 0.396 e. The van der Waals surface area contributed by atoms with Gasteiger partial charge in [-0.25, -0.2) is 0 Å². The zero-order chi connectivity index (χ0) is 18.0.